The molecular formula is C47H64Cl2N10O18P2. The number of nitrogens with zero attached hydrogens (tertiary/aromatic N) is 8. The number of aliphatic hydroxyl groups is 6. The van der Waals surface area contributed by atoms with Crippen LogP contribution >= 0.6 is 38.4 Å². The van der Waals surface area contributed by atoms with Crippen LogP contribution in [0.2, 0.25) is 10.6 Å². The van der Waals surface area contributed by atoms with Crippen LogP contribution in [0, 0.1) is 5.92 Å². The zero-order valence-corrected chi connectivity index (χ0v) is 45.7. The lowest BCUT2D eigenvalue weighted by Gasteiger charge is -2.33. The maximum absolute atomic E-state index is 13.0. The zero-order chi connectivity index (χ0) is 56.0. The fourth-order valence-electron chi connectivity index (χ4n) is 10.8. The monoisotopic (exact) mass is 1190 g/mol. The van der Waals surface area contributed by atoms with E-state index in [1.807, 2.05) is 6.07 Å². The Morgan fingerprint density at radius 3 is 1.58 bits per heavy atom. The molecule has 2 unspecified atom stereocenters. The average Bonchev–Trinajstić information content (AvgIpc) is 4.32. The van der Waals surface area contributed by atoms with Crippen LogP contribution in [0.5, 0.6) is 0 Å². The quantitative estimate of drug-likeness (QED) is 0.0294. The summed E-state index contributed by atoms with van der Waals surface area (Å²) in [7, 11) is -10.6. The summed E-state index contributed by atoms with van der Waals surface area (Å²) in [5.74, 6) is 0.670. The van der Waals surface area contributed by atoms with Crippen LogP contribution in [0.25, 0.3) is 22.1 Å². The Bertz CT molecular complexity index is 3040. The van der Waals surface area contributed by atoms with Crippen molar-refractivity contribution in [1.82, 2.24) is 39.5 Å². The van der Waals surface area contributed by atoms with Gasteiger partial charge in [-0.1, -0.05) is 49.9 Å². The number of aromatic nitrogens is 8. The van der Waals surface area contributed by atoms with Crippen LogP contribution < -0.4 is 10.6 Å². The zero-order valence-electron chi connectivity index (χ0n) is 42.4. The maximum Gasteiger partial charge on any atom is 0.361 e. The van der Waals surface area contributed by atoms with E-state index in [0.29, 0.717) is 34.4 Å². The molecule has 6 heterocycles. The molecule has 10 rings (SSSR count). The van der Waals surface area contributed by atoms with Crippen molar-refractivity contribution in [2.24, 2.45) is 5.92 Å². The van der Waals surface area contributed by atoms with Crippen molar-refractivity contribution >= 4 is 72.1 Å². The molecule has 5 aromatic rings. The predicted octanol–water partition coefficient (Wildman–Crippen LogP) is 2.02. The van der Waals surface area contributed by atoms with Crippen molar-refractivity contribution in [3.8, 4) is 0 Å². The fourth-order valence-corrected chi connectivity index (χ4v) is 12.5. The molecule has 79 heavy (non-hydrogen) atoms. The summed E-state index contributed by atoms with van der Waals surface area (Å²) in [6, 6.07) is 7.43. The van der Waals surface area contributed by atoms with Gasteiger partial charge in [-0.15, -0.1) is 0 Å². The molecule has 3 aliphatic carbocycles. The Balaban J connectivity index is 0.716. The minimum atomic E-state index is -5.32. The van der Waals surface area contributed by atoms with E-state index in [1.54, 1.807) is 18.2 Å². The topological polar surface area (TPSA) is 403 Å². The van der Waals surface area contributed by atoms with E-state index in [-0.39, 0.29) is 59.0 Å². The van der Waals surface area contributed by atoms with Crippen LogP contribution in [-0.2, 0) is 44.2 Å². The van der Waals surface area contributed by atoms with E-state index < -0.39 is 115 Å². The second-order valence-electron chi connectivity index (χ2n) is 21.0. The van der Waals surface area contributed by atoms with Gasteiger partial charge in [0.05, 0.1) is 76.0 Å². The number of hydrogen-bond acceptors (Lipinski definition) is 22. The van der Waals surface area contributed by atoms with Crippen molar-refractivity contribution in [2.45, 2.75) is 142 Å². The molecule has 3 saturated carbocycles. The van der Waals surface area contributed by atoms with Crippen molar-refractivity contribution in [2.75, 3.05) is 56.9 Å². The van der Waals surface area contributed by atoms with Gasteiger partial charge in [0.15, 0.2) is 23.8 Å². The van der Waals surface area contributed by atoms with E-state index in [9.17, 15) is 59.3 Å². The van der Waals surface area contributed by atoms with Gasteiger partial charge in [-0.05, 0) is 78.3 Å². The predicted molar refractivity (Wildman–Crippen MR) is 278 cm³/mol. The number of ether oxygens (including phenoxy) is 6. The first-order valence-electron chi connectivity index (χ1n) is 25.9. The molecule has 28 nitrogen and oxygen atoms in total. The van der Waals surface area contributed by atoms with Gasteiger partial charge in [-0.2, -0.15) is 30.1 Å². The number of rotatable bonds is 25. The Morgan fingerprint density at radius 2 is 1.13 bits per heavy atom. The lowest BCUT2D eigenvalue weighted by Crippen LogP contribution is -2.45. The molecule has 12 N–H and O–H groups in total. The Morgan fingerprint density at radius 1 is 0.658 bits per heavy atom. The maximum atomic E-state index is 13.0. The molecule has 0 bridgehead atoms. The van der Waals surface area contributed by atoms with E-state index in [4.69, 9.17) is 51.6 Å². The van der Waals surface area contributed by atoms with Crippen molar-refractivity contribution in [3.05, 3.63) is 58.4 Å². The van der Waals surface area contributed by atoms with Gasteiger partial charge in [0.1, 0.15) is 48.3 Å². The van der Waals surface area contributed by atoms with Crippen LogP contribution in [0.4, 0.5) is 11.6 Å². The largest absolute Gasteiger partial charge is 0.393 e. The molecule has 2 saturated heterocycles. The van der Waals surface area contributed by atoms with E-state index in [1.165, 1.54) is 21.8 Å². The summed E-state index contributed by atoms with van der Waals surface area (Å²) in [4.78, 5) is 59.1. The third-order valence-electron chi connectivity index (χ3n) is 15.5. The van der Waals surface area contributed by atoms with E-state index >= 15 is 0 Å². The molecule has 1 aromatic carbocycles. The SMILES string of the molecule is O=P(O)(O)[C@@](CO)(COCc1cccc(C2CC2COC[C@@](CO)(OC[C@H]2O[C@@H](n3ncc4c(NC5CCCC5)nc(Cl)nc43)[C@H](O)[C@@H]2O)P(=O)(O)O)c1)OC[C@H]1O[C@@H](n2ncc3c(NC4CCCC4)nc(Cl)nc32)[C@H](O)[C@@H]1O. The molecule has 5 aliphatic rings. The third-order valence-corrected chi connectivity index (χ3v) is 18.8. The average molecular weight is 1190 g/mol. The fraction of sp³-hybridized carbons (Fsp3) is 0.660. The van der Waals surface area contributed by atoms with Crippen LogP contribution in [0.1, 0.15) is 87.3 Å². The van der Waals surface area contributed by atoms with Gasteiger partial charge in [-0.3, -0.25) is 9.13 Å². The van der Waals surface area contributed by atoms with Gasteiger partial charge in [0, 0.05) is 12.1 Å². The Hall–Kier alpha value is -3.68. The first-order chi connectivity index (χ1) is 37.7. The summed E-state index contributed by atoms with van der Waals surface area (Å²) < 4.78 is 63.2. The van der Waals surface area contributed by atoms with Gasteiger partial charge < -0.3 is 89.3 Å². The number of aliphatic hydroxyl groups excluding tert-OH is 6. The molecule has 5 fully saturated rings. The van der Waals surface area contributed by atoms with Crippen molar-refractivity contribution in [1.29, 1.82) is 0 Å². The van der Waals surface area contributed by atoms with Gasteiger partial charge >= 0.3 is 15.2 Å². The first kappa shape index (κ1) is 58.5. The molecule has 0 radical (unpaired) electrons. The van der Waals surface area contributed by atoms with Gasteiger partial charge in [0.2, 0.25) is 21.3 Å². The third kappa shape index (κ3) is 12.2. The number of hydrogen-bond donors (Lipinski definition) is 12. The van der Waals surface area contributed by atoms with E-state index in [0.717, 1.165) is 56.9 Å². The van der Waals surface area contributed by atoms with E-state index in [2.05, 4.69) is 40.8 Å². The molecule has 12 atom stereocenters. The summed E-state index contributed by atoms with van der Waals surface area (Å²) in [5, 5.41) is 76.1. The molecule has 4 aromatic heterocycles. The van der Waals surface area contributed by atoms with Gasteiger partial charge in [-0.25, -0.2) is 9.36 Å². The second kappa shape index (κ2) is 23.9. The summed E-state index contributed by atoms with van der Waals surface area (Å²) in [6.45, 7) is -5.55. The second-order valence-corrected chi connectivity index (χ2v) is 25.4. The Kier molecular flexibility index (Phi) is 17.7. The molecule has 0 spiro atoms. The van der Waals surface area contributed by atoms with Gasteiger partial charge in [0.25, 0.3) is 0 Å². The molecule has 32 heteroatoms. The molecular weight excluding hydrogens is 1130 g/mol. The highest BCUT2D eigenvalue weighted by Crippen LogP contribution is 2.54. The van der Waals surface area contributed by atoms with Crippen LogP contribution in [-0.4, -0.2) is 195 Å². The minimum Gasteiger partial charge on any atom is -0.393 e. The lowest BCUT2D eigenvalue weighted by molar-refractivity contribution is -0.131. The summed E-state index contributed by atoms with van der Waals surface area (Å²) >= 11 is 12.6. The van der Waals surface area contributed by atoms with Crippen molar-refractivity contribution < 1.29 is 87.8 Å². The number of anilines is 2. The highest BCUT2D eigenvalue weighted by molar-refractivity contribution is 7.53. The number of nitrogens with one attached hydrogen (secondary N) is 2. The smallest absolute Gasteiger partial charge is 0.361 e. The minimum absolute atomic E-state index is 0.00982. The number of fused-ring (bicyclic) bond motifs is 2. The molecule has 434 valence electrons. The highest BCUT2D eigenvalue weighted by Gasteiger charge is 2.54. The highest BCUT2D eigenvalue weighted by atomic mass is 35.5. The number of benzene rings is 1. The van der Waals surface area contributed by atoms with Crippen molar-refractivity contribution in [3.63, 3.8) is 0 Å². The molecule has 0 amide bonds. The molecule has 2 aliphatic heterocycles. The standard InChI is InChI=1S/C47H64Cl2N10O18P2/c48-44-54-38(52-27-8-1-2-9-27)30-14-50-58(40(30)56-44)42-36(64)34(62)32(76-42)18-74-46(20-60,78(66,67)68)22-72-16-24-6-5-7-25(12-24)29-13-26(29)17-73-23-47(21-61,79(69,70)71)75-19-33-35(63)37(65)43(77-33)59-41-31(15-51-59)39(55-45(49)57-41)53-28-10-3-4-11-28/h5-7,12,14-15,26-29,32-37,42-43,60-65H,1-4,8-11,13,16-23H2,(H,52,54,56)(H,53,55,57)(H2,66,67,68)(H2,69,70,71)/t26?,29?,32-,33-,34-,35-,36-,37-,42-,43-,46+,47+/m1/s1. The number of halogens is 2. The lowest BCUT2D eigenvalue weighted by atomic mass is 10.1. The normalized spacial score (nSPS) is 28.5. The van der Waals surface area contributed by atoms with Crippen LogP contribution in [0.3, 0.4) is 0 Å². The Labute approximate surface area is 461 Å². The summed E-state index contributed by atoms with van der Waals surface area (Å²) in [5.41, 5.74) is 1.81. The summed E-state index contributed by atoms with van der Waals surface area (Å²) in [6.07, 6.45) is -0.220. The first-order valence-corrected chi connectivity index (χ1v) is 29.9. The van der Waals surface area contributed by atoms with Crippen LogP contribution in [0.15, 0.2) is 36.7 Å².